The molecule has 1 aliphatic heterocycles. The molecule has 1 aliphatic rings. The van der Waals surface area contributed by atoms with E-state index in [2.05, 4.69) is 22.3 Å². The number of likely N-dealkylation sites (N-methyl/N-ethyl adjacent to an activating group) is 2. The van der Waals surface area contributed by atoms with Crippen molar-refractivity contribution in [1.82, 2.24) is 15.1 Å². The van der Waals surface area contributed by atoms with Gasteiger partial charge in [-0.15, -0.1) is 0 Å². The number of amides is 1. The van der Waals surface area contributed by atoms with Crippen LogP contribution in [0.5, 0.6) is 0 Å². The smallest absolute Gasteiger partial charge is 0.237 e. The molecule has 0 unspecified atom stereocenters. The van der Waals surface area contributed by atoms with E-state index in [1.807, 2.05) is 37.1 Å². The molecule has 1 amide bonds. The van der Waals surface area contributed by atoms with E-state index in [1.165, 1.54) is 5.56 Å². The van der Waals surface area contributed by atoms with E-state index < -0.39 is 0 Å². The maximum atomic E-state index is 12.3. The number of nitrogens with one attached hydrogen (secondary N) is 1. The minimum Gasteiger partial charge on any atom is -0.338 e. The van der Waals surface area contributed by atoms with Gasteiger partial charge in [0.1, 0.15) is 0 Å². The van der Waals surface area contributed by atoms with Gasteiger partial charge in [-0.3, -0.25) is 9.69 Å². The van der Waals surface area contributed by atoms with Crippen LogP contribution in [-0.4, -0.2) is 55.0 Å². The van der Waals surface area contributed by atoms with Crippen LogP contribution < -0.4 is 5.32 Å². The standard InChI is InChI=1S/C15H23N3O/c1-3-18(11-13-7-5-4-6-8-13)15(19)12-17(2)14-9-16-10-14/h4-8,14,16H,3,9-12H2,1-2H3. The monoisotopic (exact) mass is 261 g/mol. The van der Waals surface area contributed by atoms with Crippen molar-refractivity contribution in [3.8, 4) is 0 Å². The molecule has 2 rings (SSSR count). The average molecular weight is 261 g/mol. The van der Waals surface area contributed by atoms with Gasteiger partial charge in [0.15, 0.2) is 0 Å². The average Bonchev–Trinajstić information content (AvgIpc) is 2.34. The molecule has 4 heteroatoms. The van der Waals surface area contributed by atoms with E-state index in [1.54, 1.807) is 0 Å². The van der Waals surface area contributed by atoms with Crippen molar-refractivity contribution in [2.45, 2.75) is 19.5 Å². The Kier molecular flexibility index (Phi) is 4.93. The number of benzene rings is 1. The molecule has 1 aromatic carbocycles. The third-order valence-corrected chi connectivity index (χ3v) is 3.72. The molecular formula is C15H23N3O. The Morgan fingerprint density at radius 3 is 2.53 bits per heavy atom. The first kappa shape index (κ1) is 14.0. The first-order valence-corrected chi connectivity index (χ1v) is 6.93. The number of hydrogen-bond acceptors (Lipinski definition) is 3. The number of nitrogens with zero attached hydrogens (tertiary/aromatic N) is 2. The molecule has 0 radical (unpaired) electrons. The fraction of sp³-hybridized carbons (Fsp3) is 0.533. The zero-order chi connectivity index (χ0) is 13.7. The maximum Gasteiger partial charge on any atom is 0.237 e. The lowest BCUT2D eigenvalue weighted by Gasteiger charge is -2.36. The van der Waals surface area contributed by atoms with Gasteiger partial charge < -0.3 is 10.2 Å². The summed E-state index contributed by atoms with van der Waals surface area (Å²) in [5.41, 5.74) is 1.19. The van der Waals surface area contributed by atoms with Crippen LogP contribution >= 0.6 is 0 Å². The second-order valence-electron chi connectivity index (χ2n) is 5.12. The summed E-state index contributed by atoms with van der Waals surface area (Å²) in [4.78, 5) is 16.4. The van der Waals surface area contributed by atoms with Crippen LogP contribution in [0, 0.1) is 0 Å². The molecule has 0 spiro atoms. The Hall–Kier alpha value is -1.39. The fourth-order valence-corrected chi connectivity index (χ4v) is 2.21. The molecule has 0 aliphatic carbocycles. The minimum absolute atomic E-state index is 0.209. The molecule has 1 saturated heterocycles. The molecule has 0 saturated carbocycles. The minimum atomic E-state index is 0.209. The molecule has 104 valence electrons. The summed E-state index contributed by atoms with van der Waals surface area (Å²) in [6.07, 6.45) is 0. The summed E-state index contributed by atoms with van der Waals surface area (Å²) < 4.78 is 0. The fourth-order valence-electron chi connectivity index (χ4n) is 2.21. The van der Waals surface area contributed by atoms with Gasteiger partial charge in [-0.2, -0.15) is 0 Å². The van der Waals surface area contributed by atoms with Gasteiger partial charge in [-0.25, -0.2) is 0 Å². The number of hydrogen-bond donors (Lipinski definition) is 1. The van der Waals surface area contributed by atoms with Gasteiger partial charge in [0.2, 0.25) is 5.91 Å². The molecule has 0 atom stereocenters. The van der Waals surface area contributed by atoms with E-state index in [0.717, 1.165) is 19.6 Å². The molecule has 0 aromatic heterocycles. The highest BCUT2D eigenvalue weighted by Gasteiger charge is 2.24. The van der Waals surface area contributed by atoms with Crippen molar-refractivity contribution in [3.63, 3.8) is 0 Å². The highest BCUT2D eigenvalue weighted by Crippen LogP contribution is 2.07. The summed E-state index contributed by atoms with van der Waals surface area (Å²) in [5.74, 6) is 0.209. The molecule has 19 heavy (non-hydrogen) atoms. The highest BCUT2D eigenvalue weighted by molar-refractivity contribution is 5.78. The Bertz CT molecular complexity index is 403. The number of carbonyl (C=O) groups excluding carboxylic acids is 1. The van der Waals surface area contributed by atoms with Gasteiger partial charge in [0.05, 0.1) is 6.54 Å². The van der Waals surface area contributed by atoms with E-state index in [0.29, 0.717) is 19.1 Å². The highest BCUT2D eigenvalue weighted by atomic mass is 16.2. The summed E-state index contributed by atoms with van der Waals surface area (Å²) in [6, 6.07) is 10.7. The van der Waals surface area contributed by atoms with Crippen LogP contribution in [0.3, 0.4) is 0 Å². The zero-order valence-corrected chi connectivity index (χ0v) is 11.8. The predicted octanol–water partition coefficient (Wildman–Crippen LogP) is 0.939. The van der Waals surface area contributed by atoms with Crippen molar-refractivity contribution in [2.24, 2.45) is 0 Å². The topological polar surface area (TPSA) is 35.6 Å². The molecule has 1 fully saturated rings. The van der Waals surface area contributed by atoms with Crippen LogP contribution in [0.25, 0.3) is 0 Å². The van der Waals surface area contributed by atoms with E-state index in [-0.39, 0.29) is 5.91 Å². The third-order valence-electron chi connectivity index (χ3n) is 3.72. The summed E-state index contributed by atoms with van der Waals surface area (Å²) in [7, 11) is 2.03. The normalized spacial score (nSPS) is 15.3. The van der Waals surface area contributed by atoms with Crippen LogP contribution in [0.15, 0.2) is 30.3 Å². The lowest BCUT2D eigenvalue weighted by Crippen LogP contribution is -2.57. The van der Waals surface area contributed by atoms with E-state index in [9.17, 15) is 4.79 Å². The van der Waals surface area contributed by atoms with Crippen LogP contribution in [0.4, 0.5) is 0 Å². The van der Waals surface area contributed by atoms with E-state index in [4.69, 9.17) is 0 Å². The van der Waals surface area contributed by atoms with Crippen molar-refractivity contribution in [1.29, 1.82) is 0 Å². The molecular weight excluding hydrogens is 238 g/mol. The second-order valence-corrected chi connectivity index (χ2v) is 5.12. The number of carbonyl (C=O) groups is 1. The van der Waals surface area contributed by atoms with Crippen molar-refractivity contribution in [3.05, 3.63) is 35.9 Å². The molecule has 1 N–H and O–H groups in total. The lowest BCUT2D eigenvalue weighted by molar-refractivity contribution is -0.133. The first-order chi connectivity index (χ1) is 9.20. The summed E-state index contributed by atoms with van der Waals surface area (Å²) in [5, 5.41) is 3.23. The van der Waals surface area contributed by atoms with Gasteiger partial charge >= 0.3 is 0 Å². The Balaban J connectivity index is 1.87. The van der Waals surface area contributed by atoms with Crippen LogP contribution in [0.1, 0.15) is 12.5 Å². The Labute approximate surface area is 115 Å². The lowest BCUT2D eigenvalue weighted by atomic mass is 10.1. The van der Waals surface area contributed by atoms with Crippen molar-refractivity contribution < 1.29 is 4.79 Å². The molecule has 4 nitrogen and oxygen atoms in total. The largest absolute Gasteiger partial charge is 0.338 e. The van der Waals surface area contributed by atoms with Crippen LogP contribution in [0.2, 0.25) is 0 Å². The van der Waals surface area contributed by atoms with Gasteiger partial charge in [0.25, 0.3) is 0 Å². The maximum absolute atomic E-state index is 12.3. The third kappa shape index (κ3) is 3.78. The van der Waals surface area contributed by atoms with Crippen molar-refractivity contribution in [2.75, 3.05) is 33.2 Å². The van der Waals surface area contributed by atoms with Crippen LogP contribution in [-0.2, 0) is 11.3 Å². The van der Waals surface area contributed by atoms with Gasteiger partial charge in [-0.05, 0) is 19.5 Å². The summed E-state index contributed by atoms with van der Waals surface area (Å²) >= 11 is 0. The number of rotatable bonds is 6. The molecule has 1 heterocycles. The van der Waals surface area contributed by atoms with Gasteiger partial charge in [-0.1, -0.05) is 30.3 Å². The van der Waals surface area contributed by atoms with E-state index >= 15 is 0 Å². The SMILES string of the molecule is CCN(Cc1ccccc1)C(=O)CN(C)C1CNC1. The van der Waals surface area contributed by atoms with Gasteiger partial charge in [0, 0.05) is 32.2 Å². The zero-order valence-electron chi connectivity index (χ0n) is 11.8. The predicted molar refractivity (Wildman–Crippen MR) is 76.8 cm³/mol. The van der Waals surface area contributed by atoms with Crippen molar-refractivity contribution >= 4 is 5.91 Å². The summed E-state index contributed by atoms with van der Waals surface area (Å²) in [6.45, 7) is 5.99. The Morgan fingerprint density at radius 1 is 1.32 bits per heavy atom. The second kappa shape index (κ2) is 6.68. The molecule has 1 aromatic rings. The Morgan fingerprint density at radius 2 is 2.00 bits per heavy atom. The quantitative estimate of drug-likeness (QED) is 0.828. The first-order valence-electron chi connectivity index (χ1n) is 6.93. The molecule has 0 bridgehead atoms.